The maximum atomic E-state index is 13.2. The van der Waals surface area contributed by atoms with E-state index in [4.69, 9.17) is 16.3 Å². The number of morpholine rings is 1. The summed E-state index contributed by atoms with van der Waals surface area (Å²) in [4.78, 5) is 32.1. The molecule has 1 saturated heterocycles. The summed E-state index contributed by atoms with van der Waals surface area (Å²) >= 11 is 5.94. The first-order chi connectivity index (χ1) is 15.0. The molecule has 31 heavy (non-hydrogen) atoms. The zero-order chi connectivity index (χ0) is 22.0. The third-order valence-electron chi connectivity index (χ3n) is 5.80. The highest BCUT2D eigenvalue weighted by atomic mass is 35.5. The molecule has 1 aromatic carbocycles. The van der Waals surface area contributed by atoms with Crippen LogP contribution in [-0.4, -0.2) is 58.1 Å². The number of fused-ring (bicyclic) bond motifs is 1. The van der Waals surface area contributed by atoms with Crippen LogP contribution in [0, 0.1) is 0 Å². The highest BCUT2D eigenvalue weighted by Gasteiger charge is 2.19. The molecule has 1 aliphatic rings. The van der Waals surface area contributed by atoms with Crippen LogP contribution >= 0.6 is 11.6 Å². The highest BCUT2D eigenvalue weighted by molar-refractivity contribution is 6.30. The molecule has 2 N–H and O–H groups in total. The number of ether oxygens (including phenoxy) is 1. The van der Waals surface area contributed by atoms with Gasteiger partial charge in [-0.1, -0.05) is 23.7 Å². The Labute approximate surface area is 184 Å². The summed E-state index contributed by atoms with van der Waals surface area (Å²) in [5.41, 5.74) is 0.861. The van der Waals surface area contributed by atoms with E-state index in [1.165, 1.54) is 9.13 Å². The Morgan fingerprint density at radius 2 is 1.84 bits per heavy atom. The number of aromatic nitrogens is 4. The van der Waals surface area contributed by atoms with Crippen LogP contribution in [0.5, 0.6) is 0 Å². The summed E-state index contributed by atoms with van der Waals surface area (Å²) in [5.74, 6) is 0.586. The number of quaternary nitrogens is 1. The van der Waals surface area contributed by atoms with Gasteiger partial charge in [0.05, 0.1) is 26.3 Å². The molecule has 0 saturated carbocycles. The molecule has 166 valence electrons. The van der Waals surface area contributed by atoms with Crippen molar-refractivity contribution in [1.82, 2.24) is 18.7 Å². The maximum absolute atomic E-state index is 13.2. The predicted octanol–water partition coefficient (Wildman–Crippen LogP) is -0.147. The van der Waals surface area contributed by atoms with Crippen LogP contribution in [0.3, 0.4) is 0 Å². The SMILES string of the molecule is Cn1c(NCCC[NH+]2CCOCC2)nc2c1c(=O)n(Cc1ccc(Cl)cc1)c(=O)n2C. The highest BCUT2D eigenvalue weighted by Crippen LogP contribution is 2.14. The van der Waals surface area contributed by atoms with Crippen molar-refractivity contribution < 1.29 is 9.64 Å². The zero-order valence-corrected chi connectivity index (χ0v) is 18.6. The second-order valence-electron chi connectivity index (χ2n) is 7.92. The van der Waals surface area contributed by atoms with Gasteiger partial charge in [0, 0.05) is 32.1 Å². The first kappa shape index (κ1) is 21.6. The van der Waals surface area contributed by atoms with E-state index < -0.39 is 5.69 Å². The molecule has 9 nitrogen and oxygen atoms in total. The molecule has 0 radical (unpaired) electrons. The summed E-state index contributed by atoms with van der Waals surface area (Å²) in [6, 6.07) is 7.11. The average molecular weight is 448 g/mol. The molecule has 1 aliphatic heterocycles. The second-order valence-corrected chi connectivity index (χ2v) is 8.36. The van der Waals surface area contributed by atoms with Crippen LogP contribution < -0.4 is 21.5 Å². The molecule has 3 heterocycles. The third kappa shape index (κ3) is 4.53. The average Bonchev–Trinajstić information content (AvgIpc) is 3.11. The topological polar surface area (TPSA) is 87.5 Å². The van der Waals surface area contributed by atoms with Gasteiger partial charge in [-0.25, -0.2) is 4.79 Å². The van der Waals surface area contributed by atoms with Crippen LogP contribution in [0.25, 0.3) is 11.2 Å². The number of benzene rings is 1. The number of halogens is 1. The van der Waals surface area contributed by atoms with Crippen LogP contribution in [0.1, 0.15) is 12.0 Å². The van der Waals surface area contributed by atoms with Gasteiger partial charge in [-0.15, -0.1) is 0 Å². The van der Waals surface area contributed by atoms with Crippen molar-refractivity contribution in [2.75, 3.05) is 44.7 Å². The van der Waals surface area contributed by atoms with E-state index in [9.17, 15) is 9.59 Å². The molecule has 0 spiro atoms. The zero-order valence-electron chi connectivity index (χ0n) is 17.9. The minimum atomic E-state index is -0.395. The van der Waals surface area contributed by atoms with Gasteiger partial charge in [0.15, 0.2) is 11.2 Å². The molecule has 1 fully saturated rings. The van der Waals surface area contributed by atoms with Gasteiger partial charge in [0.1, 0.15) is 13.1 Å². The standard InChI is InChI=1S/C21H27ClN6O3/c1-25-17-18(24-20(25)23-8-3-9-27-10-12-31-13-11-27)26(2)21(30)28(19(17)29)14-15-4-6-16(22)7-5-15/h4-7H,3,8-14H2,1-2H3,(H,23,24)/p+1. The molecule has 0 amide bonds. The number of nitrogens with one attached hydrogen (secondary N) is 2. The van der Waals surface area contributed by atoms with E-state index >= 15 is 0 Å². The fourth-order valence-corrected chi connectivity index (χ4v) is 4.09. The molecular weight excluding hydrogens is 420 g/mol. The van der Waals surface area contributed by atoms with Gasteiger partial charge in [0.25, 0.3) is 5.56 Å². The number of nitrogens with zero attached hydrogens (tertiary/aromatic N) is 4. The van der Waals surface area contributed by atoms with Crippen molar-refractivity contribution in [3.63, 3.8) is 0 Å². The summed E-state index contributed by atoms with van der Waals surface area (Å²) in [6.45, 7) is 5.72. The Balaban J connectivity index is 1.55. The minimum Gasteiger partial charge on any atom is -0.370 e. The first-order valence-electron chi connectivity index (χ1n) is 10.5. The quantitative estimate of drug-likeness (QED) is 0.492. The van der Waals surface area contributed by atoms with E-state index in [1.807, 2.05) is 12.1 Å². The van der Waals surface area contributed by atoms with Crippen molar-refractivity contribution in [1.29, 1.82) is 0 Å². The van der Waals surface area contributed by atoms with Crippen LogP contribution in [-0.2, 0) is 25.4 Å². The summed E-state index contributed by atoms with van der Waals surface area (Å²) in [6.07, 6.45) is 0.984. The maximum Gasteiger partial charge on any atom is 0.332 e. The number of hydrogen-bond donors (Lipinski definition) is 2. The van der Waals surface area contributed by atoms with Crippen molar-refractivity contribution in [3.8, 4) is 0 Å². The normalized spacial score (nSPS) is 14.9. The largest absolute Gasteiger partial charge is 0.370 e. The van der Waals surface area contributed by atoms with Gasteiger partial charge in [-0.3, -0.25) is 13.9 Å². The number of imidazole rings is 1. The van der Waals surface area contributed by atoms with Gasteiger partial charge in [-0.05, 0) is 17.7 Å². The number of hydrogen-bond acceptors (Lipinski definition) is 5. The van der Waals surface area contributed by atoms with Crippen LogP contribution in [0.2, 0.25) is 5.02 Å². The minimum absolute atomic E-state index is 0.175. The van der Waals surface area contributed by atoms with Crippen molar-refractivity contribution in [2.45, 2.75) is 13.0 Å². The second kappa shape index (κ2) is 9.25. The molecule has 4 rings (SSSR count). The molecule has 0 aliphatic carbocycles. The van der Waals surface area contributed by atoms with Crippen LogP contribution in [0.4, 0.5) is 5.95 Å². The molecule has 0 unspecified atom stereocenters. The smallest absolute Gasteiger partial charge is 0.332 e. The molecular formula is C21H28ClN6O3+. The van der Waals surface area contributed by atoms with Crippen LogP contribution in [0.15, 0.2) is 33.9 Å². The lowest BCUT2D eigenvalue weighted by atomic mass is 10.2. The van der Waals surface area contributed by atoms with Crippen molar-refractivity contribution in [2.24, 2.45) is 14.1 Å². The monoisotopic (exact) mass is 447 g/mol. The van der Waals surface area contributed by atoms with Gasteiger partial charge >= 0.3 is 5.69 Å². The van der Waals surface area contributed by atoms with Gasteiger partial charge in [-0.2, -0.15) is 4.98 Å². The number of rotatable bonds is 7. The summed E-state index contributed by atoms with van der Waals surface area (Å²) in [7, 11) is 3.43. The fraction of sp³-hybridized carbons (Fsp3) is 0.476. The third-order valence-corrected chi connectivity index (χ3v) is 6.06. The lowest BCUT2D eigenvalue weighted by molar-refractivity contribution is -0.908. The summed E-state index contributed by atoms with van der Waals surface area (Å²) < 4.78 is 9.79. The first-order valence-corrected chi connectivity index (χ1v) is 10.9. The van der Waals surface area contributed by atoms with E-state index in [-0.39, 0.29) is 12.1 Å². The number of aryl methyl sites for hydroxylation is 2. The molecule has 10 heteroatoms. The predicted molar refractivity (Wildman–Crippen MR) is 120 cm³/mol. The fourth-order valence-electron chi connectivity index (χ4n) is 3.96. The van der Waals surface area contributed by atoms with Gasteiger partial charge < -0.3 is 19.5 Å². The Morgan fingerprint density at radius 1 is 1.13 bits per heavy atom. The van der Waals surface area contributed by atoms with Gasteiger partial charge in [0.2, 0.25) is 5.95 Å². The Hall–Kier alpha value is -2.62. The Kier molecular flexibility index (Phi) is 6.45. The van der Waals surface area contributed by atoms with Crippen molar-refractivity contribution in [3.05, 3.63) is 55.7 Å². The lowest BCUT2D eigenvalue weighted by Crippen LogP contribution is -3.14. The molecule has 3 aromatic rings. The molecule has 2 aromatic heterocycles. The Bertz CT molecular complexity index is 1180. The Morgan fingerprint density at radius 3 is 2.55 bits per heavy atom. The molecule has 0 atom stereocenters. The number of anilines is 1. The van der Waals surface area contributed by atoms with E-state index in [2.05, 4.69) is 10.3 Å². The van der Waals surface area contributed by atoms with E-state index in [0.29, 0.717) is 22.1 Å². The molecule has 0 bridgehead atoms. The van der Waals surface area contributed by atoms with Crippen molar-refractivity contribution >= 4 is 28.7 Å². The van der Waals surface area contributed by atoms with E-state index in [1.54, 1.807) is 35.7 Å². The van der Waals surface area contributed by atoms with E-state index in [0.717, 1.165) is 51.4 Å². The lowest BCUT2D eigenvalue weighted by Gasteiger charge is -2.23. The summed E-state index contributed by atoms with van der Waals surface area (Å²) in [5, 5.41) is 3.93.